The highest BCUT2D eigenvalue weighted by atomic mass is 16.3. The number of benzene rings is 1. The van der Waals surface area contributed by atoms with Crippen LogP contribution in [-0.2, 0) is 0 Å². The predicted octanol–water partition coefficient (Wildman–Crippen LogP) is 7.70. The molecule has 0 fully saturated rings. The molecule has 0 unspecified atom stereocenters. The SMILES string of the molecule is CCCCCCCCCCCC=CC=CC=CC=Cc1cc(O)cc(O)c1. The zero-order valence-electron chi connectivity index (χ0n) is 16.8. The van der Waals surface area contributed by atoms with Crippen molar-refractivity contribution in [2.24, 2.45) is 0 Å². The molecule has 0 bridgehead atoms. The Bertz CT molecular complexity index is 588. The van der Waals surface area contributed by atoms with Crippen molar-refractivity contribution in [1.82, 2.24) is 0 Å². The summed E-state index contributed by atoms with van der Waals surface area (Å²) in [6, 6.07) is 4.53. The quantitative estimate of drug-likeness (QED) is 0.261. The lowest BCUT2D eigenvalue weighted by molar-refractivity contribution is 0.450. The van der Waals surface area contributed by atoms with Gasteiger partial charge in [0.2, 0.25) is 0 Å². The summed E-state index contributed by atoms with van der Waals surface area (Å²) in [5, 5.41) is 18.8. The summed E-state index contributed by atoms with van der Waals surface area (Å²) in [6.45, 7) is 2.27. The lowest BCUT2D eigenvalue weighted by atomic mass is 10.1. The molecule has 2 heteroatoms. The number of phenolic OH excluding ortho intramolecular Hbond substituents is 2. The topological polar surface area (TPSA) is 40.5 Å². The van der Waals surface area contributed by atoms with Gasteiger partial charge in [0.1, 0.15) is 11.5 Å². The van der Waals surface area contributed by atoms with Gasteiger partial charge in [-0.25, -0.2) is 0 Å². The van der Waals surface area contributed by atoms with E-state index in [9.17, 15) is 10.2 Å². The van der Waals surface area contributed by atoms with Crippen LogP contribution in [0.4, 0.5) is 0 Å². The van der Waals surface area contributed by atoms with Crippen molar-refractivity contribution in [3.63, 3.8) is 0 Å². The van der Waals surface area contributed by atoms with Crippen LogP contribution in [0.1, 0.15) is 76.7 Å². The van der Waals surface area contributed by atoms with Gasteiger partial charge in [-0.3, -0.25) is 0 Å². The van der Waals surface area contributed by atoms with Gasteiger partial charge in [-0.2, -0.15) is 0 Å². The first-order valence-corrected chi connectivity index (χ1v) is 10.4. The molecule has 0 atom stereocenters. The van der Waals surface area contributed by atoms with Gasteiger partial charge in [-0.1, -0.05) is 107 Å². The lowest BCUT2D eigenvalue weighted by Gasteiger charge is -2.00. The third-order valence-corrected chi connectivity index (χ3v) is 4.38. The smallest absolute Gasteiger partial charge is 0.119 e. The molecule has 0 aromatic heterocycles. The van der Waals surface area contributed by atoms with Gasteiger partial charge in [0.25, 0.3) is 0 Å². The average molecular weight is 369 g/mol. The van der Waals surface area contributed by atoms with E-state index in [1.165, 1.54) is 63.9 Å². The summed E-state index contributed by atoms with van der Waals surface area (Å²) in [6.07, 6.45) is 29.5. The molecule has 0 amide bonds. The molecule has 0 radical (unpaired) electrons. The van der Waals surface area contributed by atoms with Crippen LogP contribution < -0.4 is 0 Å². The minimum Gasteiger partial charge on any atom is -0.508 e. The van der Waals surface area contributed by atoms with Gasteiger partial charge in [-0.15, -0.1) is 0 Å². The van der Waals surface area contributed by atoms with Crippen LogP contribution in [0, 0.1) is 0 Å². The van der Waals surface area contributed by atoms with Crippen LogP contribution in [0.25, 0.3) is 6.08 Å². The largest absolute Gasteiger partial charge is 0.508 e. The summed E-state index contributed by atoms with van der Waals surface area (Å²) in [5.41, 5.74) is 0.766. The number of aromatic hydroxyl groups is 2. The Morgan fingerprint density at radius 1 is 0.630 bits per heavy atom. The van der Waals surface area contributed by atoms with Gasteiger partial charge >= 0.3 is 0 Å². The van der Waals surface area contributed by atoms with E-state index in [1.54, 1.807) is 12.1 Å². The molecule has 0 saturated carbocycles. The Morgan fingerprint density at radius 3 is 1.78 bits per heavy atom. The number of hydrogen-bond acceptors (Lipinski definition) is 2. The van der Waals surface area contributed by atoms with Crippen LogP contribution in [0.2, 0.25) is 0 Å². The van der Waals surface area contributed by atoms with Gasteiger partial charge in [-0.05, 0) is 30.5 Å². The predicted molar refractivity (Wildman–Crippen MR) is 118 cm³/mol. The zero-order chi connectivity index (χ0) is 19.6. The van der Waals surface area contributed by atoms with Crippen LogP contribution in [0.5, 0.6) is 11.5 Å². The van der Waals surface area contributed by atoms with E-state index in [0.717, 1.165) is 12.0 Å². The van der Waals surface area contributed by atoms with E-state index >= 15 is 0 Å². The second-order valence-electron chi connectivity index (χ2n) is 6.96. The zero-order valence-corrected chi connectivity index (χ0v) is 16.8. The summed E-state index contributed by atoms with van der Waals surface area (Å²) in [7, 11) is 0. The molecule has 1 aromatic rings. The first kappa shape index (κ1) is 22.8. The fourth-order valence-electron chi connectivity index (χ4n) is 2.89. The van der Waals surface area contributed by atoms with E-state index in [2.05, 4.69) is 19.1 Å². The number of unbranched alkanes of at least 4 members (excludes halogenated alkanes) is 9. The van der Waals surface area contributed by atoms with Gasteiger partial charge in [0.05, 0.1) is 0 Å². The normalized spacial score (nSPS) is 12.3. The van der Waals surface area contributed by atoms with Crippen molar-refractivity contribution in [2.75, 3.05) is 0 Å². The number of allylic oxidation sites excluding steroid dienone is 7. The van der Waals surface area contributed by atoms with Crippen LogP contribution in [-0.4, -0.2) is 10.2 Å². The third-order valence-electron chi connectivity index (χ3n) is 4.38. The van der Waals surface area contributed by atoms with E-state index < -0.39 is 0 Å². The van der Waals surface area contributed by atoms with Gasteiger partial charge in [0.15, 0.2) is 0 Å². The second kappa shape index (κ2) is 16.0. The molecule has 0 aliphatic rings. The molecule has 0 aliphatic heterocycles. The summed E-state index contributed by atoms with van der Waals surface area (Å²) in [4.78, 5) is 0. The number of hydrogen-bond donors (Lipinski definition) is 2. The first-order chi connectivity index (χ1) is 13.2. The van der Waals surface area contributed by atoms with E-state index in [0.29, 0.717) is 0 Å². The average Bonchev–Trinajstić information content (AvgIpc) is 2.63. The highest BCUT2D eigenvalue weighted by Crippen LogP contribution is 2.21. The molecule has 2 N–H and O–H groups in total. The van der Waals surface area contributed by atoms with Crippen molar-refractivity contribution in [3.05, 3.63) is 66.3 Å². The maximum atomic E-state index is 9.41. The van der Waals surface area contributed by atoms with Crippen LogP contribution in [0.3, 0.4) is 0 Å². The molecule has 0 heterocycles. The van der Waals surface area contributed by atoms with Crippen molar-refractivity contribution >= 4 is 6.08 Å². The standard InChI is InChI=1S/C25H36O2/c1-2-3-4-5-6-7-8-9-10-11-12-13-14-15-16-17-18-19-23-20-24(26)22-25(27)21-23/h12-22,26-27H,2-11H2,1H3. The van der Waals surface area contributed by atoms with Crippen LogP contribution in [0.15, 0.2) is 60.7 Å². The van der Waals surface area contributed by atoms with E-state index in [-0.39, 0.29) is 11.5 Å². The minimum absolute atomic E-state index is 0.0654. The van der Waals surface area contributed by atoms with Gasteiger partial charge < -0.3 is 10.2 Å². The van der Waals surface area contributed by atoms with Gasteiger partial charge in [0, 0.05) is 6.07 Å². The molecule has 0 spiro atoms. The Hall–Kier alpha value is -2.22. The summed E-state index contributed by atoms with van der Waals surface area (Å²) in [5.74, 6) is 0.131. The molecular weight excluding hydrogens is 332 g/mol. The maximum absolute atomic E-state index is 9.41. The Balaban J connectivity index is 2.04. The van der Waals surface area contributed by atoms with Crippen molar-refractivity contribution < 1.29 is 10.2 Å². The molecular formula is C25H36O2. The molecule has 1 rings (SSSR count). The Labute approximate surface area is 165 Å². The molecule has 0 saturated heterocycles. The molecule has 1 aromatic carbocycles. The third kappa shape index (κ3) is 13.6. The molecule has 0 aliphatic carbocycles. The Morgan fingerprint density at radius 2 is 1.15 bits per heavy atom. The lowest BCUT2D eigenvalue weighted by Crippen LogP contribution is -1.80. The van der Waals surface area contributed by atoms with E-state index in [1.807, 2.05) is 36.5 Å². The molecule has 2 nitrogen and oxygen atoms in total. The van der Waals surface area contributed by atoms with Crippen LogP contribution >= 0.6 is 0 Å². The number of rotatable bonds is 14. The van der Waals surface area contributed by atoms with Crippen molar-refractivity contribution in [3.8, 4) is 11.5 Å². The minimum atomic E-state index is 0.0654. The van der Waals surface area contributed by atoms with E-state index in [4.69, 9.17) is 0 Å². The summed E-state index contributed by atoms with van der Waals surface area (Å²) < 4.78 is 0. The maximum Gasteiger partial charge on any atom is 0.119 e. The molecule has 148 valence electrons. The fourth-order valence-corrected chi connectivity index (χ4v) is 2.89. The highest BCUT2D eigenvalue weighted by molar-refractivity contribution is 5.56. The second-order valence-corrected chi connectivity index (χ2v) is 6.96. The highest BCUT2D eigenvalue weighted by Gasteiger charge is 1.94. The number of phenols is 2. The van der Waals surface area contributed by atoms with Crippen molar-refractivity contribution in [1.29, 1.82) is 0 Å². The molecule has 27 heavy (non-hydrogen) atoms. The Kier molecular flexibility index (Phi) is 13.5. The first-order valence-electron chi connectivity index (χ1n) is 10.4. The summed E-state index contributed by atoms with van der Waals surface area (Å²) >= 11 is 0. The fraction of sp³-hybridized carbons (Fsp3) is 0.440. The monoisotopic (exact) mass is 368 g/mol. The van der Waals surface area contributed by atoms with Crippen molar-refractivity contribution in [2.45, 2.75) is 71.1 Å².